The first-order valence-corrected chi connectivity index (χ1v) is 12.6. The van der Waals surface area contributed by atoms with Gasteiger partial charge in [0.1, 0.15) is 11.2 Å². The predicted molar refractivity (Wildman–Crippen MR) is 152 cm³/mol. The number of hydrogen-bond acceptors (Lipinski definition) is 1. The van der Waals surface area contributed by atoms with Gasteiger partial charge in [-0.2, -0.15) is 0 Å². The molecule has 0 fully saturated rings. The Morgan fingerprint density at radius 3 is 2.00 bits per heavy atom. The zero-order valence-electron chi connectivity index (χ0n) is 20.3. The van der Waals surface area contributed by atoms with Crippen molar-refractivity contribution in [3.63, 3.8) is 0 Å². The summed E-state index contributed by atoms with van der Waals surface area (Å²) in [7, 11) is 0. The molecular formula is C35H24O. The van der Waals surface area contributed by atoms with Gasteiger partial charge in [-0.25, -0.2) is 0 Å². The van der Waals surface area contributed by atoms with Gasteiger partial charge in [0.25, 0.3) is 0 Å². The van der Waals surface area contributed by atoms with E-state index < -0.39 is 0 Å². The summed E-state index contributed by atoms with van der Waals surface area (Å²) in [6, 6.07) is 39.7. The average molecular weight is 461 g/mol. The molecule has 0 bridgehead atoms. The minimum Gasteiger partial charge on any atom is -0.456 e. The summed E-state index contributed by atoms with van der Waals surface area (Å²) in [5.41, 5.74) is 9.76. The monoisotopic (exact) mass is 460 g/mol. The second-order valence-electron chi connectivity index (χ2n) is 10.5. The third-order valence-corrected chi connectivity index (χ3v) is 8.26. The van der Waals surface area contributed by atoms with Crippen LogP contribution in [0.5, 0.6) is 0 Å². The molecule has 0 aliphatic heterocycles. The smallest absolute Gasteiger partial charge is 0.136 e. The van der Waals surface area contributed by atoms with Crippen LogP contribution in [0.2, 0.25) is 0 Å². The zero-order valence-corrected chi connectivity index (χ0v) is 20.3. The van der Waals surface area contributed by atoms with Crippen LogP contribution in [0.25, 0.3) is 65.7 Å². The first-order valence-electron chi connectivity index (χ1n) is 12.6. The van der Waals surface area contributed by atoms with Crippen LogP contribution in [-0.2, 0) is 5.41 Å². The van der Waals surface area contributed by atoms with E-state index in [1.807, 2.05) is 12.1 Å². The standard InChI is InChI=1S/C35H24O/c1-35(2)28-15-7-5-13-26(28)33-25-12-4-3-11-24(25)32(27-14-9-16-29(35)34(27)33)21-18-19-23-22-10-6-8-17-30(22)36-31(23)20-21/h3-20H,1-2H3. The Hall–Kier alpha value is -4.36. The molecule has 0 saturated carbocycles. The van der Waals surface area contributed by atoms with E-state index in [1.165, 1.54) is 60.3 Å². The lowest BCUT2D eigenvalue weighted by Gasteiger charge is -2.36. The van der Waals surface area contributed by atoms with E-state index in [1.54, 1.807) is 0 Å². The molecule has 0 N–H and O–H groups in total. The first-order chi connectivity index (χ1) is 17.6. The first kappa shape index (κ1) is 19.9. The van der Waals surface area contributed by atoms with Gasteiger partial charge in [0.05, 0.1) is 0 Å². The predicted octanol–water partition coefficient (Wildman–Crippen LogP) is 9.87. The molecule has 0 unspecified atom stereocenters. The van der Waals surface area contributed by atoms with Crippen molar-refractivity contribution in [3.05, 3.63) is 120 Å². The number of fused-ring (bicyclic) bond motifs is 7. The molecule has 1 aromatic heterocycles. The van der Waals surface area contributed by atoms with Gasteiger partial charge >= 0.3 is 0 Å². The van der Waals surface area contributed by atoms with Gasteiger partial charge in [0, 0.05) is 16.2 Å². The third kappa shape index (κ3) is 2.45. The van der Waals surface area contributed by atoms with E-state index in [0.717, 1.165) is 16.6 Å². The molecule has 36 heavy (non-hydrogen) atoms. The minimum absolute atomic E-state index is 0.0779. The van der Waals surface area contributed by atoms with Crippen LogP contribution in [0, 0.1) is 0 Å². The molecular weight excluding hydrogens is 436 g/mol. The van der Waals surface area contributed by atoms with E-state index in [4.69, 9.17) is 4.42 Å². The van der Waals surface area contributed by atoms with Gasteiger partial charge in [-0.3, -0.25) is 0 Å². The van der Waals surface area contributed by atoms with Crippen LogP contribution >= 0.6 is 0 Å². The molecule has 1 heterocycles. The fourth-order valence-corrected chi connectivity index (χ4v) is 6.61. The van der Waals surface area contributed by atoms with Crippen LogP contribution in [0.1, 0.15) is 25.0 Å². The second kappa shape index (κ2) is 6.86. The summed E-state index contributed by atoms with van der Waals surface area (Å²) in [6.45, 7) is 4.72. The molecule has 1 heteroatoms. The van der Waals surface area contributed by atoms with Crippen molar-refractivity contribution < 1.29 is 4.42 Å². The molecule has 0 saturated heterocycles. The Kier molecular flexibility index (Phi) is 3.79. The molecule has 1 aliphatic carbocycles. The van der Waals surface area contributed by atoms with Crippen molar-refractivity contribution in [2.45, 2.75) is 19.3 Å². The topological polar surface area (TPSA) is 13.1 Å². The molecule has 0 amide bonds. The Morgan fingerprint density at radius 2 is 1.14 bits per heavy atom. The second-order valence-corrected chi connectivity index (χ2v) is 10.5. The molecule has 8 rings (SSSR count). The van der Waals surface area contributed by atoms with E-state index in [0.29, 0.717) is 0 Å². The fourth-order valence-electron chi connectivity index (χ4n) is 6.61. The van der Waals surface area contributed by atoms with Crippen LogP contribution in [-0.4, -0.2) is 0 Å². The Labute approximate surface area is 209 Å². The molecule has 1 aliphatic rings. The highest BCUT2D eigenvalue weighted by Gasteiger charge is 2.34. The van der Waals surface area contributed by atoms with Gasteiger partial charge in [0.15, 0.2) is 0 Å². The lowest BCUT2D eigenvalue weighted by molar-refractivity contribution is 0.645. The number of hydrogen-bond donors (Lipinski definition) is 0. The maximum atomic E-state index is 6.30. The summed E-state index contributed by atoms with van der Waals surface area (Å²) in [4.78, 5) is 0. The van der Waals surface area contributed by atoms with Crippen LogP contribution < -0.4 is 0 Å². The lowest BCUT2D eigenvalue weighted by Crippen LogP contribution is -2.23. The van der Waals surface area contributed by atoms with E-state index >= 15 is 0 Å². The summed E-state index contributed by atoms with van der Waals surface area (Å²) in [6.07, 6.45) is 0. The van der Waals surface area contributed by atoms with Gasteiger partial charge in [-0.15, -0.1) is 0 Å². The maximum absolute atomic E-state index is 6.30. The number of para-hydroxylation sites is 1. The Bertz CT molecular complexity index is 2020. The van der Waals surface area contributed by atoms with Gasteiger partial charge < -0.3 is 4.42 Å². The van der Waals surface area contributed by atoms with Crippen LogP contribution in [0.4, 0.5) is 0 Å². The highest BCUT2D eigenvalue weighted by Crippen LogP contribution is 2.53. The minimum atomic E-state index is -0.0779. The van der Waals surface area contributed by atoms with E-state index in [9.17, 15) is 0 Å². The molecule has 1 nitrogen and oxygen atoms in total. The highest BCUT2D eigenvalue weighted by atomic mass is 16.3. The lowest BCUT2D eigenvalue weighted by atomic mass is 9.67. The van der Waals surface area contributed by atoms with E-state index in [2.05, 4.69) is 111 Å². The number of rotatable bonds is 1. The van der Waals surface area contributed by atoms with Gasteiger partial charge in [-0.1, -0.05) is 105 Å². The van der Waals surface area contributed by atoms with Gasteiger partial charge in [0.2, 0.25) is 0 Å². The molecule has 0 radical (unpaired) electrons. The SMILES string of the molecule is CC1(C)c2ccccc2-c2c3ccccc3c(-c3ccc4c(c3)oc3ccccc34)c3cccc1c23. The normalized spacial score (nSPS) is 14.1. The Balaban J connectivity index is 1.56. The molecule has 6 aromatic carbocycles. The van der Waals surface area contributed by atoms with Crippen LogP contribution in [0.3, 0.4) is 0 Å². The zero-order chi connectivity index (χ0) is 24.0. The largest absolute Gasteiger partial charge is 0.456 e. The summed E-state index contributed by atoms with van der Waals surface area (Å²) >= 11 is 0. The van der Waals surface area contributed by atoms with Crippen molar-refractivity contribution in [2.24, 2.45) is 0 Å². The quantitative estimate of drug-likeness (QED) is 0.222. The molecule has 0 atom stereocenters. The van der Waals surface area contributed by atoms with Crippen LogP contribution in [0.15, 0.2) is 114 Å². The molecule has 170 valence electrons. The molecule has 0 spiro atoms. The number of furan rings is 1. The maximum Gasteiger partial charge on any atom is 0.136 e. The molecule has 7 aromatic rings. The summed E-state index contributed by atoms with van der Waals surface area (Å²) in [5, 5.41) is 7.59. The Morgan fingerprint density at radius 1 is 0.500 bits per heavy atom. The van der Waals surface area contributed by atoms with Crippen molar-refractivity contribution >= 4 is 43.5 Å². The van der Waals surface area contributed by atoms with Crippen molar-refractivity contribution in [1.82, 2.24) is 0 Å². The van der Waals surface area contributed by atoms with Crippen molar-refractivity contribution in [3.8, 4) is 22.3 Å². The van der Waals surface area contributed by atoms with Crippen molar-refractivity contribution in [1.29, 1.82) is 0 Å². The highest BCUT2D eigenvalue weighted by molar-refractivity contribution is 6.24. The van der Waals surface area contributed by atoms with Crippen molar-refractivity contribution in [2.75, 3.05) is 0 Å². The third-order valence-electron chi connectivity index (χ3n) is 8.26. The summed E-state index contributed by atoms with van der Waals surface area (Å²) in [5.74, 6) is 0. The fraction of sp³-hybridized carbons (Fsp3) is 0.0857. The summed E-state index contributed by atoms with van der Waals surface area (Å²) < 4.78 is 6.30. The van der Waals surface area contributed by atoms with E-state index in [-0.39, 0.29) is 5.41 Å². The van der Waals surface area contributed by atoms with Gasteiger partial charge in [-0.05, 0) is 73.1 Å². The number of benzene rings is 6. The average Bonchev–Trinajstić information content (AvgIpc) is 3.28.